The van der Waals surface area contributed by atoms with Gasteiger partial charge in [0, 0.05) is 13.1 Å². The van der Waals surface area contributed by atoms with Crippen LogP contribution in [-0.4, -0.2) is 42.8 Å². The fourth-order valence-electron chi connectivity index (χ4n) is 1.61. The molecule has 1 aliphatic rings. The highest BCUT2D eigenvalue weighted by atomic mass is 16.6. The highest BCUT2D eigenvalue weighted by Gasteiger charge is 2.24. The average molecular weight is 243 g/mol. The lowest BCUT2D eigenvalue weighted by atomic mass is 10.3. The molecule has 1 heterocycles. The molecule has 0 bridgehead atoms. The molecule has 1 saturated heterocycles. The number of nitrogens with zero attached hydrogens (tertiary/aromatic N) is 1. The number of rotatable bonds is 5. The fourth-order valence-corrected chi connectivity index (χ4v) is 1.61. The lowest BCUT2D eigenvalue weighted by molar-refractivity contribution is -0.153. The molecule has 1 amide bonds. The first kappa shape index (κ1) is 13.8. The van der Waals surface area contributed by atoms with E-state index in [-0.39, 0.29) is 0 Å². The molecule has 1 atom stereocenters. The second-order valence-electron chi connectivity index (χ2n) is 4.24. The Morgan fingerprint density at radius 1 is 1.29 bits per heavy atom. The van der Waals surface area contributed by atoms with Crippen LogP contribution in [-0.2, 0) is 14.3 Å². The fraction of sp³-hybridized carbons (Fsp3) is 0.833. The third kappa shape index (κ3) is 4.63. The molecule has 0 saturated carbocycles. The number of carbonyl (C=O) groups is 2. The zero-order chi connectivity index (χ0) is 12.7. The van der Waals surface area contributed by atoms with Gasteiger partial charge in [-0.25, -0.2) is 9.59 Å². The standard InChI is InChI=1S/C12H21NO4/c1-3-4-9-16-11(14)10(2)17-12(15)13-7-5-6-8-13/h10H,3-9H2,1-2H3. The maximum Gasteiger partial charge on any atom is 0.410 e. The maximum atomic E-state index is 11.6. The van der Waals surface area contributed by atoms with Gasteiger partial charge in [0.25, 0.3) is 0 Å². The minimum atomic E-state index is -0.819. The summed E-state index contributed by atoms with van der Waals surface area (Å²) in [6, 6.07) is 0. The monoisotopic (exact) mass is 243 g/mol. The molecule has 1 unspecified atom stereocenters. The van der Waals surface area contributed by atoms with Gasteiger partial charge >= 0.3 is 12.1 Å². The zero-order valence-corrected chi connectivity index (χ0v) is 10.6. The van der Waals surface area contributed by atoms with Gasteiger partial charge in [0.1, 0.15) is 0 Å². The van der Waals surface area contributed by atoms with E-state index in [0.717, 1.165) is 38.8 Å². The number of likely N-dealkylation sites (tertiary alicyclic amines) is 1. The van der Waals surface area contributed by atoms with Gasteiger partial charge in [-0.15, -0.1) is 0 Å². The molecule has 0 spiro atoms. The Balaban J connectivity index is 2.24. The van der Waals surface area contributed by atoms with Crippen LogP contribution in [0.3, 0.4) is 0 Å². The van der Waals surface area contributed by atoms with Gasteiger partial charge in [-0.05, 0) is 26.2 Å². The SMILES string of the molecule is CCCCOC(=O)C(C)OC(=O)N1CCCC1. The summed E-state index contributed by atoms with van der Waals surface area (Å²) in [5, 5.41) is 0. The van der Waals surface area contributed by atoms with Gasteiger partial charge in [-0.1, -0.05) is 13.3 Å². The highest BCUT2D eigenvalue weighted by molar-refractivity contribution is 5.78. The zero-order valence-electron chi connectivity index (χ0n) is 10.6. The minimum Gasteiger partial charge on any atom is -0.463 e. The first-order valence-corrected chi connectivity index (χ1v) is 6.27. The lowest BCUT2D eigenvalue weighted by Gasteiger charge is -2.18. The molecule has 1 fully saturated rings. The summed E-state index contributed by atoms with van der Waals surface area (Å²) < 4.78 is 10.0. The number of hydrogen-bond donors (Lipinski definition) is 0. The van der Waals surface area contributed by atoms with E-state index in [1.807, 2.05) is 6.92 Å². The summed E-state index contributed by atoms with van der Waals surface area (Å²) in [5.41, 5.74) is 0. The van der Waals surface area contributed by atoms with E-state index in [1.54, 1.807) is 11.8 Å². The molecule has 98 valence electrons. The largest absolute Gasteiger partial charge is 0.463 e. The molecule has 0 N–H and O–H groups in total. The smallest absolute Gasteiger partial charge is 0.410 e. The summed E-state index contributed by atoms with van der Waals surface area (Å²) in [7, 11) is 0. The quantitative estimate of drug-likeness (QED) is 0.547. The molecule has 0 aliphatic carbocycles. The van der Waals surface area contributed by atoms with Gasteiger partial charge in [-0.3, -0.25) is 0 Å². The number of esters is 1. The van der Waals surface area contributed by atoms with Crippen LogP contribution in [0.15, 0.2) is 0 Å². The van der Waals surface area contributed by atoms with Crippen molar-refractivity contribution in [1.29, 1.82) is 0 Å². The van der Waals surface area contributed by atoms with E-state index in [0.29, 0.717) is 6.61 Å². The number of unbranched alkanes of at least 4 members (excludes halogenated alkanes) is 1. The molecule has 5 nitrogen and oxygen atoms in total. The normalized spacial score (nSPS) is 16.7. The molecule has 0 aromatic carbocycles. The van der Waals surface area contributed by atoms with Gasteiger partial charge < -0.3 is 14.4 Å². The van der Waals surface area contributed by atoms with E-state index in [2.05, 4.69) is 0 Å². The number of ether oxygens (including phenoxy) is 2. The molecular formula is C12H21NO4. The van der Waals surface area contributed by atoms with Crippen molar-refractivity contribution in [3.05, 3.63) is 0 Å². The van der Waals surface area contributed by atoms with Gasteiger partial charge in [0.2, 0.25) is 0 Å². The first-order valence-electron chi connectivity index (χ1n) is 6.27. The van der Waals surface area contributed by atoms with Crippen molar-refractivity contribution in [2.24, 2.45) is 0 Å². The number of hydrogen-bond acceptors (Lipinski definition) is 4. The van der Waals surface area contributed by atoms with Crippen LogP contribution in [0.4, 0.5) is 4.79 Å². The Morgan fingerprint density at radius 2 is 1.94 bits per heavy atom. The molecule has 0 radical (unpaired) electrons. The summed E-state index contributed by atoms with van der Waals surface area (Å²) >= 11 is 0. The third-order valence-electron chi connectivity index (χ3n) is 2.72. The van der Waals surface area contributed by atoms with Gasteiger partial charge in [0.05, 0.1) is 6.61 Å². The van der Waals surface area contributed by atoms with Crippen molar-refractivity contribution in [3.8, 4) is 0 Å². The molecule has 0 aromatic heterocycles. The van der Waals surface area contributed by atoms with Crippen molar-refractivity contribution in [1.82, 2.24) is 4.90 Å². The Labute approximate surface area is 102 Å². The topological polar surface area (TPSA) is 55.8 Å². The molecular weight excluding hydrogens is 222 g/mol. The van der Waals surface area contributed by atoms with Crippen molar-refractivity contribution < 1.29 is 19.1 Å². The second-order valence-corrected chi connectivity index (χ2v) is 4.24. The van der Waals surface area contributed by atoms with E-state index >= 15 is 0 Å². The van der Waals surface area contributed by atoms with E-state index < -0.39 is 18.2 Å². The van der Waals surface area contributed by atoms with Crippen molar-refractivity contribution in [2.75, 3.05) is 19.7 Å². The highest BCUT2D eigenvalue weighted by Crippen LogP contribution is 2.10. The van der Waals surface area contributed by atoms with Crippen molar-refractivity contribution in [2.45, 2.75) is 45.6 Å². The third-order valence-corrected chi connectivity index (χ3v) is 2.72. The summed E-state index contributed by atoms with van der Waals surface area (Å²) in [5.74, 6) is -0.467. The molecule has 1 aliphatic heterocycles. The summed E-state index contributed by atoms with van der Waals surface area (Å²) in [6.07, 6.45) is 2.57. The Hall–Kier alpha value is -1.26. The first-order chi connectivity index (χ1) is 8.15. The Morgan fingerprint density at radius 3 is 2.53 bits per heavy atom. The van der Waals surface area contributed by atoms with Gasteiger partial charge in [0.15, 0.2) is 6.10 Å². The van der Waals surface area contributed by atoms with Crippen LogP contribution in [0.2, 0.25) is 0 Å². The Bertz CT molecular complexity index is 261. The number of carbonyl (C=O) groups excluding carboxylic acids is 2. The van der Waals surface area contributed by atoms with E-state index in [9.17, 15) is 9.59 Å². The number of amides is 1. The summed E-state index contributed by atoms with van der Waals surface area (Å²) in [6.45, 7) is 5.39. The molecule has 5 heteroatoms. The Kier molecular flexibility index (Phi) is 5.80. The average Bonchev–Trinajstić information content (AvgIpc) is 2.82. The van der Waals surface area contributed by atoms with Crippen LogP contribution < -0.4 is 0 Å². The van der Waals surface area contributed by atoms with Crippen LogP contribution >= 0.6 is 0 Å². The second kappa shape index (κ2) is 7.14. The van der Waals surface area contributed by atoms with Crippen LogP contribution in [0, 0.1) is 0 Å². The van der Waals surface area contributed by atoms with Gasteiger partial charge in [-0.2, -0.15) is 0 Å². The maximum absolute atomic E-state index is 11.6. The van der Waals surface area contributed by atoms with Crippen LogP contribution in [0.1, 0.15) is 39.5 Å². The van der Waals surface area contributed by atoms with Crippen molar-refractivity contribution >= 4 is 12.1 Å². The van der Waals surface area contributed by atoms with E-state index in [4.69, 9.17) is 9.47 Å². The lowest BCUT2D eigenvalue weighted by Crippen LogP contribution is -2.34. The van der Waals surface area contributed by atoms with E-state index in [1.165, 1.54) is 0 Å². The molecule has 1 rings (SSSR count). The van der Waals surface area contributed by atoms with Crippen LogP contribution in [0.25, 0.3) is 0 Å². The molecule has 17 heavy (non-hydrogen) atoms. The van der Waals surface area contributed by atoms with Crippen molar-refractivity contribution in [3.63, 3.8) is 0 Å². The van der Waals surface area contributed by atoms with Crippen LogP contribution in [0.5, 0.6) is 0 Å². The predicted molar refractivity (Wildman–Crippen MR) is 62.6 cm³/mol. The minimum absolute atomic E-state index is 0.390. The molecule has 0 aromatic rings. The summed E-state index contributed by atoms with van der Waals surface area (Å²) in [4.78, 5) is 24.7. The predicted octanol–water partition coefficient (Wildman–Crippen LogP) is 1.95.